The van der Waals surface area contributed by atoms with Gasteiger partial charge in [-0.15, -0.1) is 0 Å². The smallest absolute Gasteiger partial charge is 0.255 e. The number of rotatable bonds is 5. The molecular formula is C20H18ClN3O. The van der Waals surface area contributed by atoms with Crippen molar-refractivity contribution in [3.8, 4) is 0 Å². The number of halogens is 1. The largest absolute Gasteiger partial charge is 0.366 e. The van der Waals surface area contributed by atoms with Crippen molar-refractivity contribution >= 4 is 29.0 Å². The molecular weight excluding hydrogens is 334 g/mol. The quantitative estimate of drug-likeness (QED) is 0.686. The molecule has 3 rings (SSSR count). The van der Waals surface area contributed by atoms with E-state index in [2.05, 4.69) is 15.6 Å². The highest BCUT2D eigenvalue weighted by Gasteiger charge is 2.06. The molecule has 1 aromatic heterocycles. The zero-order valence-corrected chi connectivity index (χ0v) is 14.5. The van der Waals surface area contributed by atoms with Crippen LogP contribution in [0.1, 0.15) is 21.5 Å². The van der Waals surface area contributed by atoms with Crippen LogP contribution in [-0.4, -0.2) is 10.9 Å². The van der Waals surface area contributed by atoms with Crippen molar-refractivity contribution in [1.82, 2.24) is 4.98 Å². The molecule has 0 saturated carbocycles. The van der Waals surface area contributed by atoms with Crippen molar-refractivity contribution in [2.75, 3.05) is 10.6 Å². The number of nitrogens with one attached hydrogen (secondary N) is 2. The number of nitrogens with zero attached hydrogens (tertiary/aromatic N) is 1. The Balaban J connectivity index is 1.59. The van der Waals surface area contributed by atoms with Gasteiger partial charge in [0, 0.05) is 17.1 Å². The Morgan fingerprint density at radius 3 is 2.48 bits per heavy atom. The molecule has 0 radical (unpaired) electrons. The first kappa shape index (κ1) is 17.0. The number of pyridine rings is 1. The maximum Gasteiger partial charge on any atom is 0.255 e. The third-order valence-electron chi connectivity index (χ3n) is 3.75. The summed E-state index contributed by atoms with van der Waals surface area (Å²) in [5.41, 5.74) is 3.38. The first-order chi connectivity index (χ1) is 12.1. The van der Waals surface area contributed by atoms with Crippen molar-refractivity contribution in [2.45, 2.75) is 13.5 Å². The topological polar surface area (TPSA) is 54.0 Å². The molecule has 2 aromatic carbocycles. The molecule has 4 nitrogen and oxygen atoms in total. The van der Waals surface area contributed by atoms with Gasteiger partial charge in [-0.2, -0.15) is 0 Å². The predicted octanol–water partition coefficient (Wildman–Crippen LogP) is 4.91. The summed E-state index contributed by atoms with van der Waals surface area (Å²) in [5, 5.41) is 6.77. The van der Waals surface area contributed by atoms with Crippen molar-refractivity contribution in [3.05, 3.63) is 88.6 Å². The molecule has 0 aliphatic rings. The highest BCUT2D eigenvalue weighted by atomic mass is 35.5. The average Bonchev–Trinajstić information content (AvgIpc) is 2.63. The SMILES string of the molecule is Cc1ccc(C(=O)Nc2ccc(NCc3ccccc3Cl)nc2)cc1. The Kier molecular flexibility index (Phi) is 5.31. The van der Waals surface area contributed by atoms with E-state index in [9.17, 15) is 4.79 Å². The Morgan fingerprint density at radius 1 is 1.04 bits per heavy atom. The molecule has 0 atom stereocenters. The van der Waals surface area contributed by atoms with Crippen molar-refractivity contribution < 1.29 is 4.79 Å². The molecule has 126 valence electrons. The molecule has 0 aliphatic carbocycles. The van der Waals surface area contributed by atoms with E-state index in [1.807, 2.05) is 55.5 Å². The molecule has 25 heavy (non-hydrogen) atoms. The Bertz CT molecular complexity index is 861. The lowest BCUT2D eigenvalue weighted by molar-refractivity contribution is 0.102. The molecule has 0 aliphatic heterocycles. The molecule has 5 heteroatoms. The third-order valence-corrected chi connectivity index (χ3v) is 4.12. The van der Waals surface area contributed by atoms with Crippen LogP contribution in [0.25, 0.3) is 0 Å². The van der Waals surface area contributed by atoms with Crippen LogP contribution in [0, 0.1) is 6.92 Å². The van der Waals surface area contributed by atoms with Crippen molar-refractivity contribution in [1.29, 1.82) is 0 Å². The maximum atomic E-state index is 12.2. The summed E-state index contributed by atoms with van der Waals surface area (Å²) in [7, 11) is 0. The fourth-order valence-electron chi connectivity index (χ4n) is 2.31. The minimum atomic E-state index is -0.154. The fraction of sp³-hybridized carbons (Fsp3) is 0.100. The van der Waals surface area contributed by atoms with Crippen LogP contribution in [0.2, 0.25) is 5.02 Å². The number of carbonyl (C=O) groups is 1. The second-order valence-electron chi connectivity index (χ2n) is 5.70. The minimum Gasteiger partial charge on any atom is -0.366 e. The molecule has 0 saturated heterocycles. The summed E-state index contributed by atoms with van der Waals surface area (Å²) in [6.45, 7) is 2.57. The van der Waals surface area contributed by atoms with Gasteiger partial charge in [0.15, 0.2) is 0 Å². The van der Waals surface area contributed by atoms with Crippen LogP contribution >= 0.6 is 11.6 Å². The number of anilines is 2. The molecule has 1 amide bonds. The summed E-state index contributed by atoms with van der Waals surface area (Å²) >= 11 is 6.13. The predicted molar refractivity (Wildman–Crippen MR) is 102 cm³/mol. The van der Waals surface area contributed by atoms with E-state index in [1.54, 1.807) is 18.3 Å². The number of benzene rings is 2. The van der Waals surface area contributed by atoms with E-state index in [0.717, 1.165) is 16.1 Å². The summed E-state index contributed by atoms with van der Waals surface area (Å²) in [5.74, 6) is 0.562. The number of hydrogen-bond acceptors (Lipinski definition) is 3. The number of carbonyl (C=O) groups excluding carboxylic acids is 1. The van der Waals surface area contributed by atoms with E-state index < -0.39 is 0 Å². The normalized spacial score (nSPS) is 10.3. The summed E-state index contributed by atoms with van der Waals surface area (Å²) in [6, 6.07) is 18.7. The molecule has 2 N–H and O–H groups in total. The van der Waals surface area contributed by atoms with Gasteiger partial charge < -0.3 is 10.6 Å². The zero-order valence-electron chi connectivity index (χ0n) is 13.8. The zero-order chi connectivity index (χ0) is 17.6. The molecule has 0 unspecified atom stereocenters. The average molecular weight is 352 g/mol. The van der Waals surface area contributed by atoms with E-state index in [-0.39, 0.29) is 5.91 Å². The summed E-state index contributed by atoms with van der Waals surface area (Å²) in [4.78, 5) is 16.5. The molecule has 0 fully saturated rings. The highest BCUT2D eigenvalue weighted by Crippen LogP contribution is 2.17. The molecule has 0 bridgehead atoms. The van der Waals surface area contributed by atoms with Gasteiger partial charge in [0.05, 0.1) is 11.9 Å². The van der Waals surface area contributed by atoms with Crippen molar-refractivity contribution in [3.63, 3.8) is 0 Å². The van der Waals surface area contributed by atoms with Crippen molar-refractivity contribution in [2.24, 2.45) is 0 Å². The fourth-order valence-corrected chi connectivity index (χ4v) is 2.51. The van der Waals surface area contributed by atoms with Gasteiger partial charge in [-0.05, 0) is 42.8 Å². The number of aromatic nitrogens is 1. The van der Waals surface area contributed by atoms with E-state index in [1.165, 1.54) is 0 Å². The standard InChI is InChI=1S/C20H18ClN3O/c1-14-6-8-15(9-7-14)20(25)24-17-10-11-19(23-13-17)22-12-16-4-2-3-5-18(16)21/h2-11,13H,12H2,1H3,(H,22,23)(H,24,25). The van der Waals surface area contributed by atoms with Crippen LogP contribution in [-0.2, 0) is 6.54 Å². The number of aryl methyl sites for hydroxylation is 1. The minimum absolute atomic E-state index is 0.154. The maximum absolute atomic E-state index is 12.2. The van der Waals surface area contributed by atoms with Gasteiger partial charge in [0.1, 0.15) is 5.82 Å². The second-order valence-corrected chi connectivity index (χ2v) is 6.10. The number of hydrogen-bond donors (Lipinski definition) is 2. The number of amides is 1. The van der Waals surface area contributed by atoms with Crippen LogP contribution in [0.4, 0.5) is 11.5 Å². The van der Waals surface area contributed by atoms with Crippen LogP contribution in [0.3, 0.4) is 0 Å². The van der Waals surface area contributed by atoms with Gasteiger partial charge in [-0.3, -0.25) is 4.79 Å². The second kappa shape index (κ2) is 7.81. The molecule has 1 heterocycles. The summed E-state index contributed by atoms with van der Waals surface area (Å²) in [6.07, 6.45) is 1.63. The Hall–Kier alpha value is -2.85. The Labute approximate surface area is 151 Å². The van der Waals surface area contributed by atoms with Gasteiger partial charge in [0.25, 0.3) is 5.91 Å². The lowest BCUT2D eigenvalue weighted by atomic mass is 10.1. The van der Waals surface area contributed by atoms with Crippen LogP contribution < -0.4 is 10.6 Å². The van der Waals surface area contributed by atoms with Gasteiger partial charge >= 0.3 is 0 Å². The molecule has 3 aromatic rings. The lowest BCUT2D eigenvalue weighted by Gasteiger charge is -2.09. The van der Waals surface area contributed by atoms with Crippen LogP contribution in [0.5, 0.6) is 0 Å². The van der Waals surface area contributed by atoms with Gasteiger partial charge in [-0.1, -0.05) is 47.5 Å². The van der Waals surface area contributed by atoms with Gasteiger partial charge in [0.2, 0.25) is 0 Å². The van der Waals surface area contributed by atoms with E-state index >= 15 is 0 Å². The third kappa shape index (κ3) is 4.58. The first-order valence-corrected chi connectivity index (χ1v) is 8.31. The first-order valence-electron chi connectivity index (χ1n) is 7.93. The summed E-state index contributed by atoms with van der Waals surface area (Å²) < 4.78 is 0. The van der Waals surface area contributed by atoms with E-state index in [0.29, 0.717) is 23.6 Å². The van der Waals surface area contributed by atoms with Crippen LogP contribution in [0.15, 0.2) is 66.9 Å². The lowest BCUT2D eigenvalue weighted by Crippen LogP contribution is -2.12. The monoisotopic (exact) mass is 351 g/mol. The molecule has 0 spiro atoms. The Morgan fingerprint density at radius 2 is 1.80 bits per heavy atom. The highest BCUT2D eigenvalue weighted by molar-refractivity contribution is 6.31. The van der Waals surface area contributed by atoms with E-state index in [4.69, 9.17) is 11.6 Å². The van der Waals surface area contributed by atoms with Gasteiger partial charge in [-0.25, -0.2) is 4.98 Å².